The average Bonchev–Trinajstić information content (AvgIpc) is 3.18. The van der Waals surface area contributed by atoms with Crippen molar-refractivity contribution in [2.75, 3.05) is 5.32 Å². The summed E-state index contributed by atoms with van der Waals surface area (Å²) in [4.78, 5) is 31.3. The van der Waals surface area contributed by atoms with E-state index in [0.717, 1.165) is 0 Å². The number of carbonyl (C=O) groups excluding carboxylic acids is 1. The molecule has 0 unspecified atom stereocenters. The third kappa shape index (κ3) is 4.09. The summed E-state index contributed by atoms with van der Waals surface area (Å²) in [6.07, 6.45) is 1.67. The predicted molar refractivity (Wildman–Crippen MR) is 112 cm³/mol. The van der Waals surface area contributed by atoms with Crippen molar-refractivity contribution in [3.8, 4) is 17.1 Å². The van der Waals surface area contributed by atoms with E-state index in [1.165, 1.54) is 6.07 Å². The minimum atomic E-state index is -0.362. The quantitative estimate of drug-likeness (QED) is 0.539. The molecule has 2 aromatic heterocycles. The number of carbonyl (C=O) groups is 1. The highest BCUT2D eigenvalue weighted by molar-refractivity contribution is 6.32. The Kier molecular flexibility index (Phi) is 4.97. The van der Waals surface area contributed by atoms with E-state index in [1.54, 1.807) is 54.2 Å². The molecule has 0 aliphatic carbocycles. The van der Waals surface area contributed by atoms with Crippen LogP contribution >= 0.6 is 11.6 Å². The summed E-state index contributed by atoms with van der Waals surface area (Å²) in [5, 5.41) is 7.65. The summed E-state index contributed by atoms with van der Waals surface area (Å²) in [5.74, 6) is 0.0766. The molecule has 4 aromatic rings. The van der Waals surface area contributed by atoms with Crippen LogP contribution in [0.2, 0.25) is 5.02 Å². The zero-order valence-corrected chi connectivity index (χ0v) is 16.1. The van der Waals surface area contributed by atoms with Gasteiger partial charge in [-0.15, -0.1) is 0 Å². The average molecular weight is 406 g/mol. The maximum absolute atomic E-state index is 12.6. The van der Waals surface area contributed by atoms with Crippen LogP contribution in [-0.4, -0.2) is 25.7 Å². The van der Waals surface area contributed by atoms with E-state index >= 15 is 0 Å². The number of benzene rings is 2. The van der Waals surface area contributed by atoms with Crippen LogP contribution in [0.3, 0.4) is 0 Å². The molecular formula is C21H16ClN5O2. The summed E-state index contributed by atoms with van der Waals surface area (Å²) >= 11 is 6.18. The standard InChI is InChI=1S/C21H16ClN5O2/c1-13-11-19(28)25-20(23-13)14-5-4-6-15(12-14)24-21(29)17-9-10-27(26-17)18-8-3-2-7-16(18)22/h2-12H,1H3,(H,24,29)(H,23,25,28). The Labute approximate surface area is 171 Å². The van der Waals surface area contributed by atoms with Crippen molar-refractivity contribution in [2.45, 2.75) is 6.92 Å². The molecule has 0 atom stereocenters. The molecule has 0 aliphatic rings. The third-order valence-electron chi connectivity index (χ3n) is 4.18. The van der Waals surface area contributed by atoms with Gasteiger partial charge < -0.3 is 10.3 Å². The Balaban J connectivity index is 1.57. The Morgan fingerprint density at radius 2 is 1.93 bits per heavy atom. The summed E-state index contributed by atoms with van der Waals surface area (Å²) in [6.45, 7) is 1.75. The summed E-state index contributed by atoms with van der Waals surface area (Å²) in [7, 11) is 0. The molecular weight excluding hydrogens is 390 g/mol. The number of H-pyrrole nitrogens is 1. The Morgan fingerprint density at radius 1 is 1.10 bits per heavy atom. The summed E-state index contributed by atoms with van der Waals surface area (Å²) in [6, 6.07) is 17.3. The van der Waals surface area contributed by atoms with Gasteiger partial charge in [-0.25, -0.2) is 9.67 Å². The number of halogens is 1. The van der Waals surface area contributed by atoms with Crippen molar-refractivity contribution in [3.63, 3.8) is 0 Å². The largest absolute Gasteiger partial charge is 0.321 e. The van der Waals surface area contributed by atoms with Gasteiger partial charge >= 0.3 is 0 Å². The van der Waals surface area contributed by atoms with Crippen molar-refractivity contribution in [3.05, 3.63) is 93.6 Å². The molecule has 4 rings (SSSR count). The molecule has 0 saturated carbocycles. The molecule has 0 bridgehead atoms. The molecule has 0 radical (unpaired) electrons. The number of aryl methyl sites for hydroxylation is 1. The first-order valence-electron chi connectivity index (χ1n) is 8.80. The zero-order chi connectivity index (χ0) is 20.4. The number of para-hydroxylation sites is 1. The van der Waals surface area contributed by atoms with E-state index in [2.05, 4.69) is 20.4 Å². The van der Waals surface area contributed by atoms with Gasteiger partial charge in [0.15, 0.2) is 5.69 Å². The lowest BCUT2D eigenvalue weighted by Crippen LogP contribution is -2.13. The molecule has 0 aliphatic heterocycles. The second kappa shape index (κ2) is 7.73. The molecule has 1 amide bonds. The van der Waals surface area contributed by atoms with Crippen LogP contribution in [0.4, 0.5) is 5.69 Å². The van der Waals surface area contributed by atoms with E-state index < -0.39 is 0 Å². The summed E-state index contributed by atoms with van der Waals surface area (Å²) in [5.41, 5.74) is 2.56. The number of amides is 1. The van der Waals surface area contributed by atoms with Crippen molar-refractivity contribution in [1.82, 2.24) is 19.7 Å². The second-order valence-electron chi connectivity index (χ2n) is 6.37. The molecule has 8 heteroatoms. The normalized spacial score (nSPS) is 10.7. The molecule has 2 N–H and O–H groups in total. The van der Waals surface area contributed by atoms with Gasteiger partial charge in [0.05, 0.1) is 10.7 Å². The molecule has 0 fully saturated rings. The van der Waals surface area contributed by atoms with E-state index in [-0.39, 0.29) is 17.2 Å². The number of aromatic amines is 1. The first-order valence-corrected chi connectivity index (χ1v) is 9.18. The van der Waals surface area contributed by atoms with Crippen LogP contribution in [0.5, 0.6) is 0 Å². The molecule has 7 nitrogen and oxygen atoms in total. The molecule has 144 valence electrons. The van der Waals surface area contributed by atoms with Crippen LogP contribution < -0.4 is 10.9 Å². The van der Waals surface area contributed by atoms with Crippen molar-refractivity contribution in [1.29, 1.82) is 0 Å². The van der Waals surface area contributed by atoms with Gasteiger partial charge in [-0.1, -0.05) is 35.9 Å². The lowest BCUT2D eigenvalue weighted by Gasteiger charge is -2.07. The Morgan fingerprint density at radius 3 is 2.72 bits per heavy atom. The number of hydrogen-bond acceptors (Lipinski definition) is 4. The van der Waals surface area contributed by atoms with Crippen molar-refractivity contribution < 1.29 is 4.79 Å². The van der Waals surface area contributed by atoms with E-state index in [1.807, 2.05) is 18.2 Å². The highest BCUT2D eigenvalue weighted by Crippen LogP contribution is 2.21. The molecule has 2 heterocycles. The highest BCUT2D eigenvalue weighted by Gasteiger charge is 2.12. The number of nitrogens with one attached hydrogen (secondary N) is 2. The highest BCUT2D eigenvalue weighted by atomic mass is 35.5. The maximum atomic E-state index is 12.6. The fourth-order valence-corrected chi connectivity index (χ4v) is 3.09. The first-order chi connectivity index (χ1) is 14.0. The van der Waals surface area contributed by atoms with Gasteiger partial charge in [-0.3, -0.25) is 9.59 Å². The molecule has 29 heavy (non-hydrogen) atoms. The van der Waals surface area contributed by atoms with E-state index in [4.69, 9.17) is 11.6 Å². The fourth-order valence-electron chi connectivity index (χ4n) is 2.87. The maximum Gasteiger partial charge on any atom is 0.276 e. The van der Waals surface area contributed by atoms with Crippen molar-refractivity contribution in [2.24, 2.45) is 0 Å². The SMILES string of the molecule is Cc1cc(=O)[nH]c(-c2cccc(NC(=O)c3ccn(-c4ccccc4Cl)n3)c2)n1. The van der Waals surface area contributed by atoms with Crippen LogP contribution in [0.25, 0.3) is 17.1 Å². The predicted octanol–water partition coefficient (Wildman–Crippen LogP) is 3.84. The third-order valence-corrected chi connectivity index (χ3v) is 4.50. The van der Waals surface area contributed by atoms with Gasteiger partial charge in [-0.05, 0) is 37.3 Å². The minimum Gasteiger partial charge on any atom is -0.321 e. The Hall–Kier alpha value is -3.71. The fraction of sp³-hybridized carbons (Fsp3) is 0.0476. The summed E-state index contributed by atoms with van der Waals surface area (Å²) < 4.78 is 1.55. The van der Waals surface area contributed by atoms with E-state index in [9.17, 15) is 9.59 Å². The Bertz CT molecular complexity index is 1260. The smallest absolute Gasteiger partial charge is 0.276 e. The first kappa shape index (κ1) is 18.6. The molecule has 0 spiro atoms. The van der Waals surface area contributed by atoms with Gasteiger partial charge in [0.1, 0.15) is 5.82 Å². The number of aromatic nitrogens is 4. The van der Waals surface area contributed by atoms with Crippen LogP contribution in [0, 0.1) is 6.92 Å². The topological polar surface area (TPSA) is 92.7 Å². The number of anilines is 1. The minimum absolute atomic E-state index is 0.230. The lowest BCUT2D eigenvalue weighted by molar-refractivity contribution is 0.102. The lowest BCUT2D eigenvalue weighted by atomic mass is 10.2. The second-order valence-corrected chi connectivity index (χ2v) is 6.77. The van der Waals surface area contributed by atoms with Crippen LogP contribution in [-0.2, 0) is 0 Å². The van der Waals surface area contributed by atoms with Gasteiger partial charge in [0.2, 0.25) is 0 Å². The van der Waals surface area contributed by atoms with Crippen molar-refractivity contribution >= 4 is 23.2 Å². The number of nitrogens with zero attached hydrogens (tertiary/aromatic N) is 3. The van der Waals surface area contributed by atoms with Gasteiger partial charge in [-0.2, -0.15) is 5.10 Å². The number of rotatable bonds is 4. The molecule has 0 saturated heterocycles. The molecule has 2 aromatic carbocycles. The van der Waals surface area contributed by atoms with Crippen LogP contribution in [0.15, 0.2) is 71.7 Å². The number of hydrogen-bond donors (Lipinski definition) is 2. The monoisotopic (exact) mass is 405 g/mol. The van der Waals surface area contributed by atoms with Gasteiger partial charge in [0.25, 0.3) is 11.5 Å². The zero-order valence-electron chi connectivity index (χ0n) is 15.4. The van der Waals surface area contributed by atoms with Gasteiger partial charge in [0, 0.05) is 29.2 Å². The van der Waals surface area contributed by atoms with Crippen LogP contribution in [0.1, 0.15) is 16.2 Å². The van der Waals surface area contributed by atoms with E-state index in [0.29, 0.717) is 33.5 Å².